The average molecular weight is 749 g/mol. The molecule has 0 unspecified atom stereocenters. The number of para-hydroxylation sites is 2. The first-order valence-corrected chi connectivity index (χ1v) is 19.5. The van der Waals surface area contributed by atoms with Gasteiger partial charge in [0.05, 0.1) is 43.4 Å². The quantitative estimate of drug-likeness (QED) is 0.0826. The number of hydrogen-bond acceptors (Lipinski definition) is 9. The second kappa shape index (κ2) is 18.3. The molecule has 3 aliphatic rings. The first-order valence-electron chi connectivity index (χ1n) is 19.5. The molecule has 55 heavy (non-hydrogen) atoms. The van der Waals surface area contributed by atoms with E-state index in [1.54, 1.807) is 12.1 Å². The normalized spacial score (nSPS) is 21.0. The number of nitrogens with zero attached hydrogens (tertiary/aromatic N) is 1. The number of hydrogen-bond donors (Lipinski definition) is 4. The maximum absolute atomic E-state index is 12.8. The summed E-state index contributed by atoms with van der Waals surface area (Å²) in [5.74, 6) is -0.587. The molecule has 0 aromatic heterocycles. The van der Waals surface area contributed by atoms with Crippen molar-refractivity contribution in [2.24, 2.45) is 0 Å². The van der Waals surface area contributed by atoms with Crippen molar-refractivity contribution in [1.29, 1.82) is 0 Å². The van der Waals surface area contributed by atoms with Gasteiger partial charge in [-0.1, -0.05) is 84.9 Å². The Balaban J connectivity index is 0.947. The van der Waals surface area contributed by atoms with Crippen LogP contribution in [0.1, 0.15) is 79.6 Å². The molecule has 0 aliphatic carbocycles. The molecule has 3 saturated heterocycles. The van der Waals surface area contributed by atoms with E-state index in [0.717, 1.165) is 72.3 Å². The molecule has 4 aromatic carbocycles. The molecule has 1 spiro atoms. The highest BCUT2D eigenvalue weighted by Gasteiger charge is 2.41. The summed E-state index contributed by atoms with van der Waals surface area (Å²) in [6.45, 7) is 4.30. The molecule has 3 heterocycles. The minimum absolute atomic E-state index is 0.000117. The number of likely N-dealkylation sites (tertiary alicyclic amines) is 1. The molecule has 3 fully saturated rings. The van der Waals surface area contributed by atoms with Crippen LogP contribution in [0.15, 0.2) is 97.1 Å². The Morgan fingerprint density at radius 2 is 1.47 bits per heavy atom. The van der Waals surface area contributed by atoms with Crippen molar-refractivity contribution in [1.82, 2.24) is 10.2 Å². The molecule has 11 nitrogen and oxygen atoms in total. The number of nitrogens with one attached hydrogen (secondary N) is 2. The third-order valence-electron chi connectivity index (χ3n) is 10.8. The van der Waals surface area contributed by atoms with Crippen LogP contribution < -0.4 is 16.4 Å². The second-order valence-electron chi connectivity index (χ2n) is 14.7. The summed E-state index contributed by atoms with van der Waals surface area (Å²) in [6, 6.07) is 31.5. The Hall–Kier alpha value is -4.62. The van der Waals surface area contributed by atoms with E-state index in [1.165, 1.54) is 0 Å². The molecule has 5 N–H and O–H groups in total. The molecular weight excluding hydrogens is 697 g/mol. The average Bonchev–Trinajstić information content (AvgIpc) is 3.68. The van der Waals surface area contributed by atoms with Gasteiger partial charge in [0, 0.05) is 63.8 Å². The topological polar surface area (TPSA) is 145 Å². The van der Waals surface area contributed by atoms with Crippen molar-refractivity contribution in [3.63, 3.8) is 0 Å². The number of ether oxygens (including phenoxy) is 4. The predicted molar refractivity (Wildman–Crippen MR) is 210 cm³/mol. The van der Waals surface area contributed by atoms with E-state index in [-0.39, 0.29) is 30.6 Å². The van der Waals surface area contributed by atoms with E-state index in [0.29, 0.717) is 56.8 Å². The molecule has 7 rings (SSSR count). The fraction of sp³-hybridized carbons (Fsp3) is 0.409. The first kappa shape index (κ1) is 38.6. The first-order chi connectivity index (χ1) is 26.9. The van der Waals surface area contributed by atoms with Crippen LogP contribution in [0.3, 0.4) is 0 Å². The third-order valence-corrected chi connectivity index (χ3v) is 10.8. The minimum atomic E-state index is -0.551. The molecule has 0 bridgehead atoms. The monoisotopic (exact) mass is 748 g/mol. The van der Waals surface area contributed by atoms with Crippen molar-refractivity contribution in [2.45, 2.75) is 82.4 Å². The maximum atomic E-state index is 12.8. The summed E-state index contributed by atoms with van der Waals surface area (Å²) < 4.78 is 25.2. The number of unbranched alkanes of at least 4 members (excludes halogenated alkanes) is 1. The Morgan fingerprint density at radius 1 is 0.800 bits per heavy atom. The Morgan fingerprint density at radius 3 is 2.20 bits per heavy atom. The number of nitrogen functional groups attached to an aromatic ring is 1. The number of nitrogens with two attached hydrogens (primary N) is 1. The van der Waals surface area contributed by atoms with Crippen LogP contribution >= 0.6 is 0 Å². The summed E-state index contributed by atoms with van der Waals surface area (Å²) >= 11 is 0. The zero-order chi connectivity index (χ0) is 38.0. The highest BCUT2D eigenvalue weighted by atomic mass is 16.7. The molecule has 3 atom stereocenters. The summed E-state index contributed by atoms with van der Waals surface area (Å²) in [4.78, 5) is 27.5. The number of aliphatic hydroxyl groups is 1. The highest BCUT2D eigenvalue weighted by Crippen LogP contribution is 2.40. The van der Waals surface area contributed by atoms with Crippen LogP contribution in [0.2, 0.25) is 0 Å². The fourth-order valence-electron chi connectivity index (χ4n) is 7.64. The van der Waals surface area contributed by atoms with Crippen LogP contribution in [0.25, 0.3) is 11.1 Å². The minimum Gasteiger partial charge on any atom is -0.397 e. The lowest BCUT2D eigenvalue weighted by molar-refractivity contribution is -0.255. The number of anilines is 2. The number of amides is 2. The Bertz CT molecular complexity index is 1870. The van der Waals surface area contributed by atoms with Crippen LogP contribution in [-0.2, 0) is 41.7 Å². The third kappa shape index (κ3) is 10.2. The van der Waals surface area contributed by atoms with Gasteiger partial charge in [-0.05, 0) is 52.8 Å². The van der Waals surface area contributed by atoms with Crippen molar-refractivity contribution >= 4 is 23.2 Å². The lowest BCUT2D eigenvalue weighted by Crippen LogP contribution is -2.48. The number of benzene rings is 4. The predicted octanol–water partition coefficient (Wildman–Crippen LogP) is 6.63. The fourth-order valence-corrected chi connectivity index (χ4v) is 7.64. The van der Waals surface area contributed by atoms with Gasteiger partial charge in [-0.15, -0.1) is 0 Å². The van der Waals surface area contributed by atoms with E-state index in [4.69, 9.17) is 24.7 Å². The summed E-state index contributed by atoms with van der Waals surface area (Å²) in [5.41, 5.74) is 13.0. The number of carbonyl (C=O) groups excluding carboxylic acids is 2. The lowest BCUT2D eigenvalue weighted by atomic mass is 9.97. The Labute approximate surface area is 323 Å². The largest absolute Gasteiger partial charge is 0.397 e. The smallest absolute Gasteiger partial charge is 0.224 e. The summed E-state index contributed by atoms with van der Waals surface area (Å²) in [6.07, 6.45) is 3.54. The molecular formula is C44H52N4O7. The van der Waals surface area contributed by atoms with Crippen LogP contribution in [0.4, 0.5) is 11.4 Å². The van der Waals surface area contributed by atoms with E-state index >= 15 is 0 Å². The number of piperidine rings is 1. The van der Waals surface area contributed by atoms with Gasteiger partial charge in [0.2, 0.25) is 11.8 Å². The van der Waals surface area contributed by atoms with Crippen LogP contribution in [-0.4, -0.2) is 66.6 Å². The number of rotatable bonds is 14. The van der Waals surface area contributed by atoms with E-state index in [2.05, 4.69) is 45.9 Å². The molecule has 290 valence electrons. The van der Waals surface area contributed by atoms with Gasteiger partial charge in [0.1, 0.15) is 0 Å². The van der Waals surface area contributed by atoms with Gasteiger partial charge < -0.3 is 45.3 Å². The zero-order valence-corrected chi connectivity index (χ0v) is 31.3. The molecule has 11 heteroatoms. The maximum Gasteiger partial charge on any atom is 0.224 e. The molecule has 4 aromatic rings. The van der Waals surface area contributed by atoms with E-state index < -0.39 is 12.1 Å². The summed E-state index contributed by atoms with van der Waals surface area (Å²) in [7, 11) is 0. The second-order valence-corrected chi connectivity index (χ2v) is 14.7. The van der Waals surface area contributed by atoms with Crippen molar-refractivity contribution in [2.75, 3.05) is 43.9 Å². The van der Waals surface area contributed by atoms with E-state index in [1.807, 2.05) is 54.6 Å². The van der Waals surface area contributed by atoms with E-state index in [9.17, 15) is 14.7 Å². The number of aliphatic hydroxyl groups excluding tert-OH is 1. The van der Waals surface area contributed by atoms with Crippen molar-refractivity contribution in [3.05, 3.63) is 119 Å². The van der Waals surface area contributed by atoms with Crippen LogP contribution in [0, 0.1) is 0 Å². The van der Waals surface area contributed by atoms with Crippen LogP contribution in [0.5, 0.6) is 0 Å². The molecule has 0 saturated carbocycles. The van der Waals surface area contributed by atoms with Gasteiger partial charge in [-0.2, -0.15) is 0 Å². The summed E-state index contributed by atoms with van der Waals surface area (Å²) in [5, 5.41) is 15.5. The Kier molecular flexibility index (Phi) is 12.9. The van der Waals surface area contributed by atoms with Gasteiger partial charge in [-0.3, -0.25) is 9.59 Å². The molecule has 2 amide bonds. The van der Waals surface area contributed by atoms with Crippen molar-refractivity contribution in [3.8, 4) is 11.1 Å². The highest BCUT2D eigenvalue weighted by molar-refractivity contribution is 5.93. The van der Waals surface area contributed by atoms with Crippen molar-refractivity contribution < 1.29 is 33.6 Å². The van der Waals surface area contributed by atoms with Gasteiger partial charge in [-0.25, -0.2) is 0 Å². The number of carbonyl (C=O) groups is 2. The van der Waals surface area contributed by atoms with Gasteiger partial charge in [0.15, 0.2) is 12.1 Å². The SMILES string of the molecule is Nc1ccccc1NC(=O)CCCCC(=O)NCc1ccccc1-c1ccc([C@@H]2O[C@H](CN3CCC4(CC3)OCCO4)C[C@H](c3ccc(CO)cc3)O2)cc1. The van der Waals surface area contributed by atoms with Gasteiger partial charge in [0.25, 0.3) is 0 Å². The lowest BCUT2D eigenvalue weighted by Gasteiger charge is -2.41. The molecule has 3 aliphatic heterocycles. The molecule has 0 radical (unpaired) electrons. The van der Waals surface area contributed by atoms with Gasteiger partial charge >= 0.3 is 0 Å². The zero-order valence-electron chi connectivity index (χ0n) is 31.3. The standard InChI is InChI=1S/C44H52N4O7/c45-38-9-3-4-10-39(38)47-42(51)12-6-5-11-41(50)46-28-35-7-1-2-8-37(35)32-17-19-34(20-18-32)43-54-36(27-40(55-43)33-15-13-31(30-49)14-16-33)29-48-23-21-44(22-24-48)52-25-26-53-44/h1-4,7-10,13-20,36,40,43,49H,5-6,11-12,21-30,45H2,(H,46,50)(H,47,51)/t36-,40+,43+/m0/s1.